The summed E-state index contributed by atoms with van der Waals surface area (Å²) in [5, 5.41) is 22.0. The summed E-state index contributed by atoms with van der Waals surface area (Å²) in [6, 6.07) is 13.5. The van der Waals surface area contributed by atoms with Crippen molar-refractivity contribution in [3.8, 4) is 17.7 Å². The highest BCUT2D eigenvalue weighted by Gasteiger charge is 2.23. The van der Waals surface area contributed by atoms with Crippen LogP contribution in [0.1, 0.15) is 46.8 Å². The molecular formula is C28H31N5O4. The monoisotopic (exact) mass is 501 g/mol. The number of aliphatic carboxylic acids is 1. The minimum atomic E-state index is -1.01. The lowest BCUT2D eigenvalue weighted by Crippen LogP contribution is -2.39. The van der Waals surface area contributed by atoms with Crippen molar-refractivity contribution >= 4 is 17.6 Å². The third kappa shape index (κ3) is 5.98. The van der Waals surface area contributed by atoms with Gasteiger partial charge in [-0.3, -0.25) is 0 Å². The van der Waals surface area contributed by atoms with E-state index in [-0.39, 0.29) is 6.04 Å². The number of carboxylic acids is 1. The molecule has 9 heteroatoms. The fourth-order valence-electron chi connectivity index (χ4n) is 4.60. The summed E-state index contributed by atoms with van der Waals surface area (Å²) in [5.41, 5.74) is 4.78. The molecule has 1 aliphatic heterocycles. The van der Waals surface area contributed by atoms with Crippen LogP contribution in [0.15, 0.2) is 42.6 Å². The minimum Gasteiger partial charge on any atom is -0.479 e. The van der Waals surface area contributed by atoms with Crippen LogP contribution in [0.3, 0.4) is 0 Å². The average molecular weight is 502 g/mol. The lowest BCUT2D eigenvalue weighted by atomic mass is 10.0. The van der Waals surface area contributed by atoms with Crippen LogP contribution in [0.4, 0.5) is 11.6 Å². The van der Waals surface area contributed by atoms with E-state index in [0.29, 0.717) is 28.7 Å². The first-order valence-electron chi connectivity index (χ1n) is 12.2. The van der Waals surface area contributed by atoms with Gasteiger partial charge >= 0.3 is 5.97 Å². The van der Waals surface area contributed by atoms with Crippen LogP contribution in [0, 0.1) is 32.1 Å². The first-order valence-corrected chi connectivity index (χ1v) is 12.2. The molecule has 1 unspecified atom stereocenters. The molecule has 0 radical (unpaired) electrons. The summed E-state index contributed by atoms with van der Waals surface area (Å²) < 4.78 is 11.3. The van der Waals surface area contributed by atoms with Gasteiger partial charge in [-0.25, -0.2) is 9.78 Å². The van der Waals surface area contributed by atoms with Gasteiger partial charge in [0.25, 0.3) is 0 Å². The maximum absolute atomic E-state index is 11.5. The fourth-order valence-corrected chi connectivity index (χ4v) is 4.60. The van der Waals surface area contributed by atoms with Crippen molar-refractivity contribution in [2.24, 2.45) is 0 Å². The van der Waals surface area contributed by atoms with E-state index in [2.05, 4.69) is 26.3 Å². The molecule has 4 rings (SSSR count). The van der Waals surface area contributed by atoms with Crippen molar-refractivity contribution < 1.29 is 19.4 Å². The molecule has 2 heterocycles. The number of aromatic nitrogens is 2. The predicted octanol–water partition coefficient (Wildman–Crippen LogP) is 4.92. The van der Waals surface area contributed by atoms with Crippen molar-refractivity contribution in [2.45, 2.75) is 45.8 Å². The van der Waals surface area contributed by atoms with Crippen LogP contribution in [0.25, 0.3) is 0 Å². The van der Waals surface area contributed by atoms with Crippen LogP contribution in [0.2, 0.25) is 0 Å². The number of benzene rings is 2. The van der Waals surface area contributed by atoms with Crippen molar-refractivity contribution in [3.63, 3.8) is 0 Å². The maximum atomic E-state index is 11.5. The molecule has 0 spiro atoms. The molecule has 2 N–H and O–H groups in total. The Balaban J connectivity index is 1.41. The second kappa shape index (κ2) is 11.3. The van der Waals surface area contributed by atoms with E-state index < -0.39 is 12.1 Å². The van der Waals surface area contributed by atoms with E-state index in [9.17, 15) is 15.2 Å². The normalized spacial score (nSPS) is 14.6. The molecule has 1 aliphatic rings. The first kappa shape index (κ1) is 25.9. The minimum absolute atomic E-state index is 0.194. The van der Waals surface area contributed by atoms with Crippen LogP contribution in [-0.2, 0) is 9.53 Å². The highest BCUT2D eigenvalue weighted by atomic mass is 16.5. The summed E-state index contributed by atoms with van der Waals surface area (Å²) in [6.07, 6.45) is 2.51. The molecule has 1 saturated heterocycles. The molecule has 0 saturated carbocycles. The quantitative estimate of drug-likeness (QED) is 0.443. The number of hydrogen-bond acceptors (Lipinski definition) is 8. The van der Waals surface area contributed by atoms with Crippen LogP contribution < -0.4 is 15.0 Å². The Bertz CT molecular complexity index is 1310. The number of rotatable bonds is 8. The Kier molecular flexibility index (Phi) is 7.89. The van der Waals surface area contributed by atoms with E-state index in [1.165, 1.54) is 7.11 Å². The standard InChI is InChI=1S/C28H31N5O4/c1-17-12-20(15-29)13-18(2)24(17)37-26-19(3)16-30-28(32-26)31-22-8-10-33(11-9-22)23-7-5-6-21(14-23)25(36-4)27(34)35/h5-7,12-14,16,22,25H,8-11H2,1-4H3,(H,34,35)(H,30,31,32). The molecule has 192 valence electrons. The Morgan fingerprint density at radius 2 is 1.86 bits per heavy atom. The van der Waals surface area contributed by atoms with Crippen LogP contribution in [0.5, 0.6) is 11.6 Å². The zero-order valence-electron chi connectivity index (χ0n) is 21.5. The lowest BCUT2D eigenvalue weighted by molar-refractivity contribution is -0.148. The molecule has 3 aromatic rings. The van der Waals surface area contributed by atoms with Gasteiger partial charge in [-0.1, -0.05) is 12.1 Å². The van der Waals surface area contributed by atoms with Crippen molar-refractivity contribution in [2.75, 3.05) is 30.4 Å². The molecule has 9 nitrogen and oxygen atoms in total. The second-order valence-electron chi connectivity index (χ2n) is 9.29. The van der Waals surface area contributed by atoms with Gasteiger partial charge in [0, 0.05) is 43.7 Å². The highest BCUT2D eigenvalue weighted by molar-refractivity contribution is 5.75. The Morgan fingerprint density at radius 1 is 1.16 bits per heavy atom. The number of nitrogens with one attached hydrogen (secondary N) is 1. The number of nitrogens with zero attached hydrogens (tertiary/aromatic N) is 4. The number of piperidine rings is 1. The molecular weight excluding hydrogens is 470 g/mol. The third-order valence-electron chi connectivity index (χ3n) is 6.54. The third-order valence-corrected chi connectivity index (χ3v) is 6.54. The lowest BCUT2D eigenvalue weighted by Gasteiger charge is -2.34. The second-order valence-corrected chi connectivity index (χ2v) is 9.29. The molecule has 2 aromatic carbocycles. The van der Waals surface area contributed by atoms with E-state index in [1.807, 2.05) is 39.0 Å². The zero-order chi connectivity index (χ0) is 26.5. The fraction of sp³-hybridized carbons (Fsp3) is 0.357. The summed E-state index contributed by atoms with van der Waals surface area (Å²) in [6.45, 7) is 7.35. The van der Waals surface area contributed by atoms with Crippen LogP contribution >= 0.6 is 0 Å². The Labute approximate surface area is 216 Å². The number of anilines is 2. The molecule has 1 aromatic heterocycles. The molecule has 1 fully saturated rings. The zero-order valence-corrected chi connectivity index (χ0v) is 21.5. The molecule has 0 bridgehead atoms. The molecule has 37 heavy (non-hydrogen) atoms. The summed E-state index contributed by atoms with van der Waals surface area (Å²) in [7, 11) is 1.40. The van der Waals surface area contributed by atoms with Crippen molar-refractivity contribution in [3.05, 3.63) is 70.4 Å². The maximum Gasteiger partial charge on any atom is 0.337 e. The van der Waals surface area contributed by atoms with Crippen molar-refractivity contribution in [1.29, 1.82) is 5.26 Å². The number of hydrogen-bond donors (Lipinski definition) is 2. The van der Waals surface area contributed by atoms with E-state index >= 15 is 0 Å². The van der Waals surface area contributed by atoms with Gasteiger partial charge in [-0.15, -0.1) is 0 Å². The highest BCUT2D eigenvalue weighted by Crippen LogP contribution is 2.31. The number of nitriles is 1. The summed E-state index contributed by atoms with van der Waals surface area (Å²) in [5.74, 6) is 0.678. The predicted molar refractivity (Wildman–Crippen MR) is 140 cm³/mol. The van der Waals surface area contributed by atoms with Gasteiger partial charge in [0.05, 0.1) is 11.6 Å². The van der Waals surface area contributed by atoms with Gasteiger partial charge in [0.15, 0.2) is 6.10 Å². The van der Waals surface area contributed by atoms with Gasteiger partial charge in [-0.05, 0) is 74.6 Å². The summed E-state index contributed by atoms with van der Waals surface area (Å²) >= 11 is 0. The number of carboxylic acid groups (broad SMARTS) is 1. The average Bonchev–Trinajstić information content (AvgIpc) is 2.88. The topological polar surface area (TPSA) is 121 Å². The largest absolute Gasteiger partial charge is 0.479 e. The van der Waals surface area contributed by atoms with Gasteiger partial charge in [-0.2, -0.15) is 10.2 Å². The molecule has 0 amide bonds. The summed E-state index contributed by atoms with van der Waals surface area (Å²) in [4.78, 5) is 22.8. The number of aryl methyl sites for hydroxylation is 3. The number of methoxy groups -OCH3 is 1. The number of carbonyl (C=O) groups is 1. The van der Waals surface area contributed by atoms with E-state index in [4.69, 9.17) is 9.47 Å². The Morgan fingerprint density at radius 3 is 2.49 bits per heavy atom. The van der Waals surface area contributed by atoms with Gasteiger partial charge in [0.2, 0.25) is 11.8 Å². The molecule has 0 aliphatic carbocycles. The SMILES string of the molecule is COC(C(=O)O)c1cccc(N2CCC(Nc3ncc(C)c(Oc4c(C)cc(C#N)cc4C)n3)CC2)c1. The smallest absolute Gasteiger partial charge is 0.337 e. The van der Waals surface area contributed by atoms with Gasteiger partial charge < -0.3 is 24.8 Å². The van der Waals surface area contributed by atoms with Crippen molar-refractivity contribution in [1.82, 2.24) is 9.97 Å². The van der Waals surface area contributed by atoms with E-state index in [0.717, 1.165) is 48.3 Å². The van der Waals surface area contributed by atoms with Gasteiger partial charge in [0.1, 0.15) is 5.75 Å². The Hall–Kier alpha value is -4.16. The molecule has 1 atom stereocenters. The number of ether oxygens (including phenoxy) is 2. The van der Waals surface area contributed by atoms with Crippen LogP contribution in [-0.4, -0.2) is 47.3 Å². The van der Waals surface area contributed by atoms with E-state index in [1.54, 1.807) is 24.4 Å². The first-order chi connectivity index (χ1) is 17.8.